The number of aryl methyl sites for hydroxylation is 1. The van der Waals surface area contributed by atoms with E-state index in [0.29, 0.717) is 12.8 Å². The molecule has 1 aliphatic rings. The fourth-order valence-electron chi connectivity index (χ4n) is 2.72. The van der Waals surface area contributed by atoms with Gasteiger partial charge in [-0.15, -0.1) is 0 Å². The van der Waals surface area contributed by atoms with E-state index < -0.39 is 0 Å². The first-order valence-electron chi connectivity index (χ1n) is 7.35. The van der Waals surface area contributed by atoms with Gasteiger partial charge >= 0.3 is 0 Å². The molecule has 1 aromatic carbocycles. The van der Waals surface area contributed by atoms with Crippen molar-refractivity contribution in [3.63, 3.8) is 0 Å². The lowest BCUT2D eigenvalue weighted by molar-refractivity contribution is -0.117. The summed E-state index contributed by atoms with van der Waals surface area (Å²) in [4.78, 5) is 25.7. The summed E-state index contributed by atoms with van der Waals surface area (Å²) in [5.74, 6) is 0.153. The highest BCUT2D eigenvalue weighted by atomic mass is 32.1. The third-order valence-electron chi connectivity index (χ3n) is 3.79. The number of anilines is 2. The second-order valence-electron chi connectivity index (χ2n) is 5.51. The van der Waals surface area contributed by atoms with E-state index >= 15 is 0 Å². The molecule has 2 heterocycles. The van der Waals surface area contributed by atoms with Crippen molar-refractivity contribution in [2.45, 2.75) is 26.2 Å². The van der Waals surface area contributed by atoms with Crippen molar-refractivity contribution >= 4 is 34.5 Å². The highest BCUT2D eigenvalue weighted by molar-refractivity contribution is 7.08. The summed E-state index contributed by atoms with van der Waals surface area (Å²) < 4.78 is 0. The third kappa shape index (κ3) is 3.20. The lowest BCUT2D eigenvalue weighted by Crippen LogP contribution is -2.24. The van der Waals surface area contributed by atoms with Gasteiger partial charge in [0, 0.05) is 24.3 Å². The predicted octanol–water partition coefficient (Wildman–Crippen LogP) is 3.36. The number of nitrogens with one attached hydrogen (secondary N) is 1. The molecule has 1 saturated heterocycles. The standard InChI is InChI=1S/C17H18N2O2S/c1-12-9-14(18-16(20)10-13-6-8-22-11-13)4-5-15(12)19-7-2-3-17(19)21/h4-6,8-9,11H,2-3,7,10H2,1H3,(H,18,20). The van der Waals surface area contributed by atoms with Gasteiger partial charge in [-0.05, 0) is 59.5 Å². The van der Waals surface area contributed by atoms with Gasteiger partial charge in [-0.25, -0.2) is 0 Å². The first-order chi connectivity index (χ1) is 10.6. The number of nitrogens with zero attached hydrogens (tertiary/aromatic N) is 1. The number of carbonyl (C=O) groups is 2. The minimum Gasteiger partial charge on any atom is -0.326 e. The number of thiophene rings is 1. The van der Waals surface area contributed by atoms with Crippen LogP contribution in [0.2, 0.25) is 0 Å². The van der Waals surface area contributed by atoms with Crippen molar-refractivity contribution < 1.29 is 9.59 Å². The molecule has 5 heteroatoms. The monoisotopic (exact) mass is 314 g/mol. The summed E-state index contributed by atoms with van der Waals surface area (Å²) in [5.41, 5.74) is 3.74. The van der Waals surface area contributed by atoms with E-state index in [1.165, 1.54) is 0 Å². The molecule has 0 spiro atoms. The number of benzene rings is 1. The molecule has 0 atom stereocenters. The maximum absolute atomic E-state index is 12.0. The van der Waals surface area contributed by atoms with Crippen molar-refractivity contribution in [2.24, 2.45) is 0 Å². The van der Waals surface area contributed by atoms with Gasteiger partial charge in [0.15, 0.2) is 0 Å². The van der Waals surface area contributed by atoms with Crippen LogP contribution in [0.3, 0.4) is 0 Å². The predicted molar refractivity (Wildman–Crippen MR) is 89.4 cm³/mol. The van der Waals surface area contributed by atoms with Gasteiger partial charge in [0.1, 0.15) is 0 Å². The van der Waals surface area contributed by atoms with Crippen LogP contribution in [-0.4, -0.2) is 18.4 Å². The smallest absolute Gasteiger partial charge is 0.228 e. The molecule has 114 valence electrons. The van der Waals surface area contributed by atoms with Crippen molar-refractivity contribution in [3.05, 3.63) is 46.2 Å². The third-order valence-corrected chi connectivity index (χ3v) is 4.52. The minimum absolute atomic E-state index is 0.0252. The van der Waals surface area contributed by atoms with E-state index in [1.807, 2.05) is 46.8 Å². The molecule has 4 nitrogen and oxygen atoms in total. The minimum atomic E-state index is -0.0252. The van der Waals surface area contributed by atoms with Gasteiger partial charge in [-0.3, -0.25) is 9.59 Å². The lowest BCUT2D eigenvalue weighted by atomic mass is 10.1. The molecular weight excluding hydrogens is 296 g/mol. The highest BCUT2D eigenvalue weighted by Crippen LogP contribution is 2.27. The van der Waals surface area contributed by atoms with Gasteiger partial charge in [0.25, 0.3) is 0 Å². The van der Waals surface area contributed by atoms with Gasteiger partial charge in [-0.1, -0.05) is 0 Å². The van der Waals surface area contributed by atoms with Crippen LogP contribution in [0.15, 0.2) is 35.0 Å². The van der Waals surface area contributed by atoms with Crippen molar-refractivity contribution in [1.82, 2.24) is 0 Å². The van der Waals surface area contributed by atoms with Crippen LogP contribution < -0.4 is 10.2 Å². The number of amides is 2. The van der Waals surface area contributed by atoms with Crippen LogP contribution in [0.5, 0.6) is 0 Å². The Kier molecular flexibility index (Phi) is 4.24. The fraction of sp³-hybridized carbons (Fsp3) is 0.294. The Balaban J connectivity index is 1.69. The summed E-state index contributed by atoms with van der Waals surface area (Å²) in [6.07, 6.45) is 1.92. The zero-order valence-corrected chi connectivity index (χ0v) is 13.3. The molecule has 0 saturated carbocycles. The molecule has 2 amide bonds. The zero-order chi connectivity index (χ0) is 15.5. The maximum Gasteiger partial charge on any atom is 0.228 e. The summed E-state index contributed by atoms with van der Waals surface area (Å²) >= 11 is 1.59. The second-order valence-corrected chi connectivity index (χ2v) is 6.29. The second kappa shape index (κ2) is 6.32. The Labute approximate surface area is 133 Å². The summed E-state index contributed by atoms with van der Waals surface area (Å²) in [6.45, 7) is 2.75. The molecular formula is C17H18N2O2S. The average molecular weight is 314 g/mol. The molecule has 1 aliphatic heterocycles. The molecule has 1 fully saturated rings. The van der Waals surface area contributed by atoms with E-state index in [4.69, 9.17) is 0 Å². The SMILES string of the molecule is Cc1cc(NC(=O)Cc2ccsc2)ccc1N1CCCC1=O. The largest absolute Gasteiger partial charge is 0.326 e. The molecule has 0 unspecified atom stereocenters. The van der Waals surface area contributed by atoms with E-state index in [0.717, 1.165) is 35.5 Å². The number of hydrogen-bond acceptors (Lipinski definition) is 3. The Morgan fingerprint density at radius 2 is 2.23 bits per heavy atom. The lowest BCUT2D eigenvalue weighted by Gasteiger charge is -2.19. The summed E-state index contributed by atoms with van der Waals surface area (Å²) in [7, 11) is 0. The van der Waals surface area contributed by atoms with Gasteiger partial charge in [0.2, 0.25) is 11.8 Å². The van der Waals surface area contributed by atoms with E-state index in [2.05, 4.69) is 5.32 Å². The van der Waals surface area contributed by atoms with Crippen LogP contribution in [0, 0.1) is 6.92 Å². The van der Waals surface area contributed by atoms with Crippen molar-refractivity contribution in [2.75, 3.05) is 16.8 Å². The van der Waals surface area contributed by atoms with Gasteiger partial charge in [-0.2, -0.15) is 11.3 Å². The zero-order valence-electron chi connectivity index (χ0n) is 12.5. The molecule has 0 radical (unpaired) electrons. The Morgan fingerprint density at radius 1 is 1.36 bits per heavy atom. The van der Waals surface area contributed by atoms with Crippen LogP contribution in [0.25, 0.3) is 0 Å². The van der Waals surface area contributed by atoms with Crippen LogP contribution in [-0.2, 0) is 16.0 Å². The number of hydrogen-bond donors (Lipinski definition) is 1. The first-order valence-corrected chi connectivity index (χ1v) is 8.30. The van der Waals surface area contributed by atoms with E-state index in [1.54, 1.807) is 11.3 Å². The molecule has 0 bridgehead atoms. The fourth-order valence-corrected chi connectivity index (χ4v) is 3.39. The highest BCUT2D eigenvalue weighted by Gasteiger charge is 2.22. The molecule has 0 aliphatic carbocycles. The van der Waals surface area contributed by atoms with Crippen molar-refractivity contribution in [1.29, 1.82) is 0 Å². The summed E-state index contributed by atoms with van der Waals surface area (Å²) in [6, 6.07) is 7.66. The summed E-state index contributed by atoms with van der Waals surface area (Å²) in [5, 5.41) is 6.86. The van der Waals surface area contributed by atoms with Crippen LogP contribution in [0.1, 0.15) is 24.0 Å². The average Bonchev–Trinajstić information content (AvgIpc) is 3.11. The molecule has 1 N–H and O–H groups in total. The maximum atomic E-state index is 12.0. The normalized spacial score (nSPS) is 14.4. The van der Waals surface area contributed by atoms with E-state index in [9.17, 15) is 9.59 Å². The molecule has 1 aromatic heterocycles. The Hall–Kier alpha value is -2.14. The first kappa shape index (κ1) is 14.8. The number of carbonyl (C=O) groups excluding carboxylic acids is 2. The van der Waals surface area contributed by atoms with Gasteiger partial charge < -0.3 is 10.2 Å². The topological polar surface area (TPSA) is 49.4 Å². The van der Waals surface area contributed by atoms with Crippen LogP contribution in [0.4, 0.5) is 11.4 Å². The Bertz CT molecular complexity index is 695. The molecule has 3 rings (SSSR count). The Morgan fingerprint density at radius 3 is 2.86 bits per heavy atom. The molecule has 2 aromatic rings. The van der Waals surface area contributed by atoms with E-state index in [-0.39, 0.29) is 11.8 Å². The quantitative estimate of drug-likeness (QED) is 0.940. The van der Waals surface area contributed by atoms with Gasteiger partial charge in [0.05, 0.1) is 6.42 Å². The number of rotatable bonds is 4. The van der Waals surface area contributed by atoms with Crippen molar-refractivity contribution in [3.8, 4) is 0 Å². The van der Waals surface area contributed by atoms with Crippen LogP contribution >= 0.6 is 11.3 Å². The molecule has 22 heavy (non-hydrogen) atoms.